The zero-order valence-electron chi connectivity index (χ0n) is 16.0. The highest BCUT2D eigenvalue weighted by atomic mass is 32.1. The van der Waals surface area contributed by atoms with E-state index < -0.39 is 12.2 Å². The molecule has 1 aromatic carbocycles. The largest absolute Gasteiger partial charge is 0.409 e. The molecular formula is C21H28F3N3S. The molecule has 7 heteroatoms. The minimum Gasteiger partial charge on any atom is -0.357 e. The fourth-order valence-corrected chi connectivity index (χ4v) is 5.49. The number of nitrogens with zero attached hydrogens (tertiary/aromatic N) is 2. The number of nitrogens with two attached hydrogens (primary N) is 1. The van der Waals surface area contributed by atoms with Gasteiger partial charge in [0.1, 0.15) is 6.04 Å². The maximum atomic E-state index is 13.9. The third-order valence-corrected chi connectivity index (χ3v) is 7.25. The molecule has 2 heterocycles. The molecule has 1 saturated carbocycles. The van der Waals surface area contributed by atoms with Gasteiger partial charge in [0.05, 0.1) is 0 Å². The Hall–Kier alpha value is -1.31. The number of thiophene rings is 1. The van der Waals surface area contributed by atoms with Gasteiger partial charge in [0.15, 0.2) is 0 Å². The Morgan fingerprint density at radius 2 is 1.86 bits per heavy atom. The lowest BCUT2D eigenvalue weighted by Crippen LogP contribution is -2.59. The van der Waals surface area contributed by atoms with Gasteiger partial charge in [-0.2, -0.15) is 13.2 Å². The third kappa shape index (κ3) is 4.31. The molecule has 0 spiro atoms. The summed E-state index contributed by atoms with van der Waals surface area (Å²) in [5.74, 6) is 0.613. The second-order valence-electron chi connectivity index (χ2n) is 8.23. The van der Waals surface area contributed by atoms with Gasteiger partial charge in [-0.1, -0.05) is 6.07 Å². The average Bonchev–Trinajstić information content (AvgIpc) is 3.16. The van der Waals surface area contributed by atoms with Crippen molar-refractivity contribution in [2.24, 2.45) is 11.7 Å². The number of hydrogen-bond acceptors (Lipinski definition) is 4. The van der Waals surface area contributed by atoms with Crippen LogP contribution in [-0.2, 0) is 0 Å². The van der Waals surface area contributed by atoms with E-state index in [2.05, 4.69) is 0 Å². The summed E-state index contributed by atoms with van der Waals surface area (Å²) in [6.45, 7) is 1.90. The highest BCUT2D eigenvalue weighted by molar-refractivity contribution is 7.17. The van der Waals surface area contributed by atoms with Crippen molar-refractivity contribution in [3.63, 3.8) is 0 Å². The number of halogens is 3. The van der Waals surface area contributed by atoms with E-state index in [1.54, 1.807) is 16.2 Å². The van der Waals surface area contributed by atoms with E-state index in [9.17, 15) is 13.2 Å². The van der Waals surface area contributed by atoms with Gasteiger partial charge in [0, 0.05) is 41.4 Å². The molecule has 2 fully saturated rings. The maximum absolute atomic E-state index is 13.9. The van der Waals surface area contributed by atoms with Crippen LogP contribution in [0.5, 0.6) is 0 Å². The summed E-state index contributed by atoms with van der Waals surface area (Å²) in [5.41, 5.74) is 6.67. The first-order valence-corrected chi connectivity index (χ1v) is 11.1. The van der Waals surface area contributed by atoms with E-state index in [1.807, 2.05) is 34.5 Å². The van der Waals surface area contributed by atoms with Crippen LogP contribution >= 0.6 is 11.3 Å². The summed E-state index contributed by atoms with van der Waals surface area (Å²) in [4.78, 5) is 3.59. The van der Waals surface area contributed by atoms with Crippen LogP contribution in [0.25, 0.3) is 10.1 Å². The van der Waals surface area contributed by atoms with Crippen molar-refractivity contribution in [2.75, 3.05) is 31.1 Å². The quantitative estimate of drug-likeness (QED) is 0.780. The van der Waals surface area contributed by atoms with Gasteiger partial charge in [0.2, 0.25) is 0 Å². The van der Waals surface area contributed by atoms with E-state index in [4.69, 9.17) is 5.73 Å². The number of rotatable bonds is 4. The summed E-state index contributed by atoms with van der Waals surface area (Å²) in [7, 11) is 0. The molecule has 2 aromatic rings. The number of benzene rings is 1. The first-order chi connectivity index (χ1) is 13.4. The highest BCUT2D eigenvalue weighted by Gasteiger charge is 2.46. The molecule has 0 radical (unpaired) electrons. The summed E-state index contributed by atoms with van der Waals surface area (Å²) in [6.07, 6.45) is 1.07. The van der Waals surface area contributed by atoms with Crippen LogP contribution in [-0.4, -0.2) is 49.3 Å². The zero-order chi connectivity index (χ0) is 19.7. The molecule has 1 atom stereocenters. The van der Waals surface area contributed by atoms with Crippen LogP contribution in [0.3, 0.4) is 0 Å². The maximum Gasteiger partial charge on any atom is 0.409 e. The van der Waals surface area contributed by atoms with Gasteiger partial charge in [-0.05, 0) is 68.1 Å². The van der Waals surface area contributed by atoms with Crippen molar-refractivity contribution in [3.05, 3.63) is 29.6 Å². The molecule has 2 aliphatic rings. The minimum atomic E-state index is -4.24. The van der Waals surface area contributed by atoms with Crippen LogP contribution in [0.1, 0.15) is 32.1 Å². The van der Waals surface area contributed by atoms with E-state index in [1.165, 1.54) is 0 Å². The van der Waals surface area contributed by atoms with Crippen molar-refractivity contribution in [1.29, 1.82) is 0 Å². The van der Waals surface area contributed by atoms with Crippen LogP contribution in [0.15, 0.2) is 29.6 Å². The van der Waals surface area contributed by atoms with Crippen molar-refractivity contribution in [2.45, 2.75) is 50.4 Å². The molecule has 0 unspecified atom stereocenters. The molecule has 3 nitrogen and oxygen atoms in total. The number of anilines is 1. The third-order valence-electron chi connectivity index (χ3n) is 6.37. The SMILES string of the molecule is NC1CCC(CCN2CCN(c3cccc4sccc34)[C@H](C(F)(F)F)C2)CC1. The molecule has 0 amide bonds. The normalized spacial score (nSPS) is 27.4. The first-order valence-electron chi connectivity index (χ1n) is 10.2. The molecule has 1 aliphatic carbocycles. The Morgan fingerprint density at radius 1 is 1.07 bits per heavy atom. The summed E-state index contributed by atoms with van der Waals surface area (Å²) < 4.78 is 42.8. The smallest absolute Gasteiger partial charge is 0.357 e. The number of piperazine rings is 1. The fraction of sp³-hybridized carbons (Fsp3) is 0.619. The van der Waals surface area contributed by atoms with E-state index in [0.717, 1.165) is 48.7 Å². The summed E-state index contributed by atoms with van der Waals surface area (Å²) >= 11 is 1.57. The number of fused-ring (bicyclic) bond motifs is 1. The van der Waals surface area contributed by atoms with Gasteiger partial charge in [-0.15, -0.1) is 11.3 Å². The van der Waals surface area contributed by atoms with Crippen molar-refractivity contribution in [1.82, 2.24) is 4.90 Å². The predicted molar refractivity (Wildman–Crippen MR) is 110 cm³/mol. The lowest BCUT2D eigenvalue weighted by molar-refractivity contribution is -0.156. The van der Waals surface area contributed by atoms with Crippen LogP contribution in [0.2, 0.25) is 0 Å². The Kier molecular flexibility index (Phi) is 5.86. The van der Waals surface area contributed by atoms with Gasteiger partial charge in [0.25, 0.3) is 0 Å². The molecular weight excluding hydrogens is 383 g/mol. The number of alkyl halides is 3. The monoisotopic (exact) mass is 411 g/mol. The van der Waals surface area contributed by atoms with Crippen LogP contribution < -0.4 is 10.6 Å². The average molecular weight is 412 g/mol. The molecule has 4 rings (SSSR count). The molecule has 28 heavy (non-hydrogen) atoms. The molecule has 2 N–H and O–H groups in total. The molecule has 0 bridgehead atoms. The Balaban J connectivity index is 1.45. The van der Waals surface area contributed by atoms with E-state index in [0.29, 0.717) is 30.7 Å². The first kappa shape index (κ1) is 20.0. The van der Waals surface area contributed by atoms with Crippen LogP contribution in [0.4, 0.5) is 18.9 Å². The lowest BCUT2D eigenvalue weighted by atomic mass is 9.84. The second kappa shape index (κ2) is 8.20. The fourth-order valence-electron chi connectivity index (χ4n) is 4.68. The topological polar surface area (TPSA) is 32.5 Å². The minimum absolute atomic E-state index is 0.0518. The van der Waals surface area contributed by atoms with Gasteiger partial charge in [-0.25, -0.2) is 0 Å². The van der Waals surface area contributed by atoms with Gasteiger partial charge >= 0.3 is 6.18 Å². The molecule has 154 valence electrons. The van der Waals surface area contributed by atoms with Gasteiger partial charge < -0.3 is 10.6 Å². The molecule has 1 aromatic heterocycles. The lowest BCUT2D eigenvalue weighted by Gasteiger charge is -2.44. The summed E-state index contributed by atoms with van der Waals surface area (Å²) in [6, 6.07) is 6.46. The second-order valence-corrected chi connectivity index (χ2v) is 9.18. The molecule has 1 saturated heterocycles. The van der Waals surface area contributed by atoms with E-state index in [-0.39, 0.29) is 6.54 Å². The number of hydrogen-bond donors (Lipinski definition) is 1. The van der Waals surface area contributed by atoms with E-state index >= 15 is 0 Å². The van der Waals surface area contributed by atoms with Gasteiger partial charge in [-0.3, -0.25) is 4.90 Å². The highest BCUT2D eigenvalue weighted by Crippen LogP contribution is 2.37. The standard InChI is InChI=1S/C21H28F3N3S/c22-21(23,24)20-14-26(10-8-15-4-6-16(25)7-5-15)11-12-27(20)18-2-1-3-19-17(18)9-13-28-19/h1-3,9,13,15-16,20H,4-8,10-12,14,25H2/t15?,16?,20-/m0/s1. The molecule has 1 aliphatic heterocycles. The summed E-state index contributed by atoms with van der Waals surface area (Å²) in [5, 5.41) is 2.87. The van der Waals surface area contributed by atoms with Crippen molar-refractivity contribution in [3.8, 4) is 0 Å². The Morgan fingerprint density at radius 3 is 2.61 bits per heavy atom. The van der Waals surface area contributed by atoms with Crippen molar-refractivity contribution < 1.29 is 13.2 Å². The zero-order valence-corrected chi connectivity index (χ0v) is 16.8. The Labute approximate surface area is 168 Å². The predicted octanol–water partition coefficient (Wildman–Crippen LogP) is 4.86. The van der Waals surface area contributed by atoms with Crippen LogP contribution in [0, 0.1) is 5.92 Å². The Bertz CT molecular complexity index is 783. The van der Waals surface area contributed by atoms with Crippen molar-refractivity contribution >= 4 is 27.1 Å².